The summed E-state index contributed by atoms with van der Waals surface area (Å²) in [5.41, 5.74) is 0. The summed E-state index contributed by atoms with van der Waals surface area (Å²) in [6.07, 6.45) is 0. The fourth-order valence-corrected chi connectivity index (χ4v) is 3.57. The van der Waals surface area contributed by atoms with E-state index >= 15 is 0 Å². The molecule has 0 saturated heterocycles. The summed E-state index contributed by atoms with van der Waals surface area (Å²) in [5.74, 6) is 0.493. The van der Waals surface area contributed by atoms with Gasteiger partial charge in [-0.15, -0.1) is 0 Å². The lowest BCUT2D eigenvalue weighted by atomic mass is 10.3. The highest BCUT2D eigenvalue weighted by atomic mass is 79.9. The van der Waals surface area contributed by atoms with Crippen molar-refractivity contribution in [3.05, 3.63) is 21.1 Å². The summed E-state index contributed by atoms with van der Waals surface area (Å²) in [6, 6.07) is 2.78. The minimum Gasteiger partial charge on any atom is -0.489 e. The van der Waals surface area contributed by atoms with E-state index in [-0.39, 0.29) is 4.90 Å². The van der Waals surface area contributed by atoms with E-state index in [1.54, 1.807) is 7.11 Å². The Hall–Kier alpha value is -0.190. The third kappa shape index (κ3) is 5.66. The molecule has 9 heteroatoms. The molecule has 1 aromatic carbocycles. The molecule has 0 heterocycles. The van der Waals surface area contributed by atoms with Gasteiger partial charge < -0.3 is 14.2 Å². The first-order valence-electron chi connectivity index (χ1n) is 5.57. The number of halogens is 2. The van der Waals surface area contributed by atoms with Crippen LogP contribution in [0.3, 0.4) is 0 Å². The van der Waals surface area contributed by atoms with Crippen molar-refractivity contribution in [3.8, 4) is 5.75 Å². The third-order valence-corrected chi connectivity index (χ3v) is 4.28. The number of sulfonamides is 1. The number of hydrogen-bond donors (Lipinski definition) is 1. The van der Waals surface area contributed by atoms with Gasteiger partial charge in [0.25, 0.3) is 0 Å². The molecule has 0 unspecified atom stereocenters. The van der Waals surface area contributed by atoms with Gasteiger partial charge in [0.15, 0.2) is 0 Å². The maximum atomic E-state index is 11.3. The van der Waals surface area contributed by atoms with Crippen molar-refractivity contribution in [1.82, 2.24) is 0 Å². The predicted molar refractivity (Wildman–Crippen MR) is 81.4 cm³/mol. The Morgan fingerprint density at radius 1 is 1.10 bits per heavy atom. The van der Waals surface area contributed by atoms with Crippen molar-refractivity contribution in [3.63, 3.8) is 0 Å². The first kappa shape index (κ1) is 17.9. The number of primary sulfonamides is 1. The van der Waals surface area contributed by atoms with Gasteiger partial charge in [-0.3, -0.25) is 0 Å². The van der Waals surface area contributed by atoms with E-state index in [2.05, 4.69) is 31.9 Å². The number of benzene rings is 1. The average molecular weight is 433 g/mol. The highest BCUT2D eigenvalue weighted by Crippen LogP contribution is 2.35. The predicted octanol–water partition coefficient (Wildman–Crippen LogP) is 1.90. The third-order valence-electron chi connectivity index (χ3n) is 2.21. The van der Waals surface area contributed by atoms with E-state index in [1.807, 2.05) is 0 Å². The number of hydrogen-bond acceptors (Lipinski definition) is 5. The van der Waals surface area contributed by atoms with Crippen LogP contribution in [0.15, 0.2) is 26.0 Å². The first-order valence-corrected chi connectivity index (χ1v) is 8.71. The molecule has 6 nitrogen and oxygen atoms in total. The van der Waals surface area contributed by atoms with Crippen LogP contribution in [0.1, 0.15) is 0 Å². The summed E-state index contributed by atoms with van der Waals surface area (Å²) in [7, 11) is -2.16. The lowest BCUT2D eigenvalue weighted by Gasteiger charge is -2.12. The maximum absolute atomic E-state index is 11.3. The Kier molecular flexibility index (Phi) is 7.41. The van der Waals surface area contributed by atoms with Crippen molar-refractivity contribution < 1.29 is 22.6 Å². The van der Waals surface area contributed by atoms with Crippen molar-refractivity contribution in [2.75, 3.05) is 33.5 Å². The monoisotopic (exact) mass is 431 g/mol. The van der Waals surface area contributed by atoms with Crippen LogP contribution in [-0.2, 0) is 19.5 Å². The fraction of sp³-hybridized carbons (Fsp3) is 0.455. The first-order chi connectivity index (χ1) is 9.36. The zero-order valence-electron chi connectivity index (χ0n) is 10.8. The van der Waals surface area contributed by atoms with Crippen LogP contribution in [0.2, 0.25) is 0 Å². The van der Waals surface area contributed by atoms with Crippen LogP contribution in [0.25, 0.3) is 0 Å². The Labute approximate surface area is 134 Å². The molecule has 0 bridgehead atoms. The Balaban J connectivity index is 2.63. The second-order valence-electron chi connectivity index (χ2n) is 3.71. The van der Waals surface area contributed by atoms with Crippen LogP contribution in [0.5, 0.6) is 5.75 Å². The summed E-state index contributed by atoms with van der Waals surface area (Å²) < 4.78 is 39.1. The Bertz CT molecular complexity index is 527. The maximum Gasteiger partial charge on any atom is 0.238 e. The zero-order chi connectivity index (χ0) is 15.2. The van der Waals surface area contributed by atoms with Crippen molar-refractivity contribution in [2.24, 2.45) is 5.14 Å². The minimum absolute atomic E-state index is 0.0000513. The molecule has 0 atom stereocenters. The summed E-state index contributed by atoms with van der Waals surface area (Å²) in [5, 5.41) is 5.07. The summed E-state index contributed by atoms with van der Waals surface area (Å²) in [4.78, 5) is -0.0000513. The highest BCUT2D eigenvalue weighted by Gasteiger charge is 2.15. The van der Waals surface area contributed by atoms with E-state index in [9.17, 15) is 8.42 Å². The second kappa shape index (κ2) is 8.30. The topological polar surface area (TPSA) is 87.8 Å². The van der Waals surface area contributed by atoms with Gasteiger partial charge in [-0.05, 0) is 44.0 Å². The molecule has 114 valence electrons. The molecule has 0 fully saturated rings. The Morgan fingerprint density at radius 3 is 2.15 bits per heavy atom. The van der Waals surface area contributed by atoms with Crippen molar-refractivity contribution in [1.29, 1.82) is 0 Å². The van der Waals surface area contributed by atoms with E-state index in [0.29, 0.717) is 41.1 Å². The number of ether oxygens (including phenoxy) is 3. The van der Waals surface area contributed by atoms with Crippen LogP contribution >= 0.6 is 31.9 Å². The molecule has 0 aliphatic heterocycles. The van der Waals surface area contributed by atoms with Crippen molar-refractivity contribution in [2.45, 2.75) is 4.90 Å². The molecule has 0 amide bonds. The van der Waals surface area contributed by atoms with Gasteiger partial charge in [0.05, 0.1) is 33.7 Å². The molecule has 2 N–H and O–H groups in total. The number of methoxy groups -OCH3 is 1. The molecule has 0 spiro atoms. The Morgan fingerprint density at radius 2 is 1.65 bits per heavy atom. The summed E-state index contributed by atoms with van der Waals surface area (Å²) >= 11 is 6.50. The van der Waals surface area contributed by atoms with Gasteiger partial charge >= 0.3 is 0 Å². The van der Waals surface area contributed by atoms with Gasteiger partial charge in [0, 0.05) is 7.11 Å². The lowest BCUT2D eigenvalue weighted by molar-refractivity contribution is 0.0542. The molecule has 1 rings (SSSR count). The average Bonchev–Trinajstić information content (AvgIpc) is 2.34. The SMILES string of the molecule is COCCOCCOc1c(Br)cc(S(N)(=O)=O)cc1Br. The van der Waals surface area contributed by atoms with Gasteiger partial charge in [0.2, 0.25) is 10.0 Å². The van der Waals surface area contributed by atoms with Gasteiger partial charge in [0.1, 0.15) is 12.4 Å². The minimum atomic E-state index is -3.75. The molecule has 1 aromatic rings. The molecule has 0 radical (unpaired) electrons. The highest BCUT2D eigenvalue weighted by molar-refractivity contribution is 9.11. The number of rotatable bonds is 8. The quantitative estimate of drug-likeness (QED) is 0.633. The molecule has 0 aliphatic carbocycles. The number of nitrogens with two attached hydrogens (primary N) is 1. The largest absolute Gasteiger partial charge is 0.489 e. The van der Waals surface area contributed by atoms with E-state index in [4.69, 9.17) is 19.3 Å². The molecular weight excluding hydrogens is 418 g/mol. The zero-order valence-corrected chi connectivity index (χ0v) is 14.8. The van der Waals surface area contributed by atoms with Crippen LogP contribution in [0, 0.1) is 0 Å². The molecule has 0 saturated carbocycles. The van der Waals surface area contributed by atoms with E-state index < -0.39 is 10.0 Å². The molecule has 0 aromatic heterocycles. The van der Waals surface area contributed by atoms with Crippen LogP contribution < -0.4 is 9.88 Å². The van der Waals surface area contributed by atoms with Gasteiger partial charge in [-0.2, -0.15) is 0 Å². The van der Waals surface area contributed by atoms with Gasteiger partial charge in [-0.25, -0.2) is 13.6 Å². The van der Waals surface area contributed by atoms with E-state index in [1.165, 1.54) is 12.1 Å². The fourth-order valence-electron chi connectivity index (χ4n) is 1.29. The molecule has 0 aliphatic rings. The summed E-state index contributed by atoms with van der Waals surface area (Å²) in [6.45, 7) is 1.75. The molecular formula is C11H15Br2NO5S. The lowest BCUT2D eigenvalue weighted by Crippen LogP contribution is -2.13. The van der Waals surface area contributed by atoms with E-state index in [0.717, 1.165) is 0 Å². The van der Waals surface area contributed by atoms with Crippen LogP contribution in [-0.4, -0.2) is 42.0 Å². The smallest absolute Gasteiger partial charge is 0.238 e. The second-order valence-corrected chi connectivity index (χ2v) is 6.98. The standard InChI is InChI=1S/C11H15Br2NO5S/c1-17-2-3-18-4-5-19-11-9(12)6-8(7-10(11)13)20(14,15)16/h6-7H,2-5H2,1H3,(H2,14,15,16). The molecule has 20 heavy (non-hydrogen) atoms. The van der Waals surface area contributed by atoms with Gasteiger partial charge in [-0.1, -0.05) is 0 Å². The van der Waals surface area contributed by atoms with Crippen LogP contribution in [0.4, 0.5) is 0 Å². The normalized spacial score (nSPS) is 11.6. The van der Waals surface area contributed by atoms with Crippen molar-refractivity contribution >= 4 is 41.9 Å².